The molecule has 0 aliphatic carbocycles. The van der Waals surface area contributed by atoms with E-state index in [1.165, 1.54) is 29.4 Å². The number of fused-ring (bicyclic) bond motifs is 1. The lowest BCUT2D eigenvalue weighted by atomic mass is 10.2. The SMILES string of the molecule is Cc1ccc(N(C)C(=O)CN(C)S(=O)(=O)c2ccc3nc(C)sc3c2)cc1. The number of hydrogen-bond acceptors (Lipinski definition) is 5. The van der Waals surface area contributed by atoms with Crippen molar-refractivity contribution in [2.24, 2.45) is 0 Å². The molecule has 2 aromatic carbocycles. The summed E-state index contributed by atoms with van der Waals surface area (Å²) in [4.78, 5) is 18.5. The monoisotopic (exact) mass is 403 g/mol. The minimum absolute atomic E-state index is 0.159. The smallest absolute Gasteiger partial charge is 0.243 e. The lowest BCUT2D eigenvalue weighted by Gasteiger charge is -2.22. The molecule has 27 heavy (non-hydrogen) atoms. The van der Waals surface area contributed by atoms with E-state index in [0.717, 1.165) is 30.8 Å². The van der Waals surface area contributed by atoms with Crippen molar-refractivity contribution in [1.82, 2.24) is 9.29 Å². The third-order valence-corrected chi connectivity index (χ3v) is 7.06. The molecule has 3 aromatic rings. The van der Waals surface area contributed by atoms with Gasteiger partial charge in [0, 0.05) is 19.8 Å². The lowest BCUT2D eigenvalue weighted by molar-refractivity contribution is -0.118. The number of likely N-dealkylation sites (N-methyl/N-ethyl adjacent to an activating group) is 2. The fourth-order valence-corrected chi connectivity index (χ4v) is 4.74. The van der Waals surface area contributed by atoms with Crippen molar-refractivity contribution in [2.75, 3.05) is 25.5 Å². The van der Waals surface area contributed by atoms with Gasteiger partial charge in [0.25, 0.3) is 0 Å². The van der Waals surface area contributed by atoms with Crippen molar-refractivity contribution >= 4 is 43.2 Å². The van der Waals surface area contributed by atoms with Crippen LogP contribution in [0, 0.1) is 13.8 Å². The highest BCUT2D eigenvalue weighted by Gasteiger charge is 2.25. The van der Waals surface area contributed by atoms with Gasteiger partial charge in [-0.3, -0.25) is 4.79 Å². The number of rotatable bonds is 5. The summed E-state index contributed by atoms with van der Waals surface area (Å²) in [5, 5.41) is 0.878. The highest BCUT2D eigenvalue weighted by molar-refractivity contribution is 7.89. The number of carbonyl (C=O) groups excluding carboxylic acids is 1. The van der Waals surface area contributed by atoms with Gasteiger partial charge in [-0.15, -0.1) is 11.3 Å². The third-order valence-electron chi connectivity index (χ3n) is 4.33. The van der Waals surface area contributed by atoms with E-state index < -0.39 is 10.0 Å². The van der Waals surface area contributed by atoms with Crippen LogP contribution in [0.4, 0.5) is 5.69 Å². The van der Waals surface area contributed by atoms with E-state index in [4.69, 9.17) is 0 Å². The molecule has 142 valence electrons. The molecule has 0 radical (unpaired) electrons. The molecule has 0 aliphatic heterocycles. The number of anilines is 1. The Balaban J connectivity index is 1.79. The number of thiazole rings is 1. The molecule has 0 saturated heterocycles. The van der Waals surface area contributed by atoms with Crippen LogP contribution in [0.1, 0.15) is 10.6 Å². The van der Waals surface area contributed by atoms with Crippen LogP contribution in [-0.4, -0.2) is 44.3 Å². The zero-order valence-corrected chi connectivity index (χ0v) is 17.3. The highest BCUT2D eigenvalue weighted by Crippen LogP contribution is 2.26. The second-order valence-electron chi connectivity index (χ2n) is 6.41. The summed E-state index contributed by atoms with van der Waals surface area (Å²) in [5.74, 6) is -0.306. The summed E-state index contributed by atoms with van der Waals surface area (Å²) in [5.41, 5.74) is 2.58. The molecule has 1 aromatic heterocycles. The second-order valence-corrected chi connectivity index (χ2v) is 9.69. The quantitative estimate of drug-likeness (QED) is 0.656. The summed E-state index contributed by atoms with van der Waals surface area (Å²) in [7, 11) is -0.720. The number of carbonyl (C=O) groups is 1. The van der Waals surface area contributed by atoms with Crippen LogP contribution in [0.25, 0.3) is 10.2 Å². The molecule has 1 heterocycles. The molecule has 0 saturated carbocycles. The predicted octanol–water partition coefficient (Wildman–Crippen LogP) is 3.20. The lowest BCUT2D eigenvalue weighted by Crippen LogP contribution is -2.39. The Morgan fingerprint density at radius 3 is 2.41 bits per heavy atom. The largest absolute Gasteiger partial charge is 0.314 e. The Bertz CT molecular complexity index is 1090. The number of nitrogens with zero attached hydrogens (tertiary/aromatic N) is 3. The zero-order valence-electron chi connectivity index (χ0n) is 15.6. The van der Waals surface area contributed by atoms with Gasteiger partial charge < -0.3 is 4.90 Å². The summed E-state index contributed by atoms with van der Waals surface area (Å²) in [6, 6.07) is 12.3. The van der Waals surface area contributed by atoms with Crippen molar-refractivity contribution in [1.29, 1.82) is 0 Å². The van der Waals surface area contributed by atoms with E-state index >= 15 is 0 Å². The maximum atomic E-state index is 12.9. The first kappa shape index (κ1) is 19.5. The van der Waals surface area contributed by atoms with E-state index in [1.807, 2.05) is 38.1 Å². The van der Waals surface area contributed by atoms with Gasteiger partial charge in [0.2, 0.25) is 15.9 Å². The standard InChI is InChI=1S/C19H21N3O3S2/c1-13-5-7-15(8-6-13)22(4)19(23)12-21(3)27(24,25)16-9-10-17-18(11-16)26-14(2)20-17/h5-11H,12H2,1-4H3. The Labute approximate surface area is 163 Å². The van der Waals surface area contributed by atoms with Crippen molar-refractivity contribution in [2.45, 2.75) is 18.7 Å². The molecule has 0 atom stereocenters. The number of amides is 1. The first-order chi connectivity index (χ1) is 12.7. The van der Waals surface area contributed by atoms with Crippen LogP contribution in [0.3, 0.4) is 0 Å². The first-order valence-electron chi connectivity index (χ1n) is 8.35. The van der Waals surface area contributed by atoms with Gasteiger partial charge in [-0.25, -0.2) is 13.4 Å². The molecule has 6 nitrogen and oxygen atoms in total. The number of aryl methyl sites for hydroxylation is 2. The Morgan fingerprint density at radius 2 is 1.74 bits per heavy atom. The van der Waals surface area contributed by atoms with E-state index in [0.29, 0.717) is 0 Å². The first-order valence-corrected chi connectivity index (χ1v) is 10.6. The van der Waals surface area contributed by atoms with Crippen LogP contribution in [-0.2, 0) is 14.8 Å². The predicted molar refractivity (Wildman–Crippen MR) is 109 cm³/mol. The van der Waals surface area contributed by atoms with Gasteiger partial charge in [-0.1, -0.05) is 17.7 Å². The molecule has 0 N–H and O–H groups in total. The van der Waals surface area contributed by atoms with Gasteiger partial charge in [0.15, 0.2) is 0 Å². The van der Waals surface area contributed by atoms with E-state index in [-0.39, 0.29) is 17.3 Å². The average Bonchev–Trinajstić information content (AvgIpc) is 3.00. The van der Waals surface area contributed by atoms with Crippen molar-refractivity contribution < 1.29 is 13.2 Å². The molecular weight excluding hydrogens is 382 g/mol. The average molecular weight is 404 g/mol. The summed E-state index contributed by atoms with van der Waals surface area (Å²) in [6.45, 7) is 3.60. The maximum Gasteiger partial charge on any atom is 0.243 e. The molecule has 8 heteroatoms. The molecule has 0 fully saturated rings. The van der Waals surface area contributed by atoms with Gasteiger partial charge in [0.1, 0.15) is 0 Å². The van der Waals surface area contributed by atoms with E-state index in [1.54, 1.807) is 19.2 Å². The third kappa shape index (κ3) is 4.02. The van der Waals surface area contributed by atoms with Crippen LogP contribution < -0.4 is 4.90 Å². The van der Waals surface area contributed by atoms with Crippen LogP contribution in [0.2, 0.25) is 0 Å². The van der Waals surface area contributed by atoms with Crippen LogP contribution >= 0.6 is 11.3 Å². The van der Waals surface area contributed by atoms with Gasteiger partial charge in [-0.2, -0.15) is 4.31 Å². The normalized spacial score (nSPS) is 11.9. The fraction of sp³-hybridized carbons (Fsp3) is 0.263. The number of benzene rings is 2. The Morgan fingerprint density at radius 1 is 1.07 bits per heavy atom. The number of hydrogen-bond donors (Lipinski definition) is 0. The van der Waals surface area contributed by atoms with Crippen molar-refractivity contribution in [3.63, 3.8) is 0 Å². The molecule has 0 aliphatic rings. The second kappa shape index (κ2) is 7.38. The minimum Gasteiger partial charge on any atom is -0.314 e. The van der Waals surface area contributed by atoms with Crippen molar-refractivity contribution in [3.05, 3.63) is 53.0 Å². The molecule has 1 amide bonds. The molecular formula is C19H21N3O3S2. The maximum absolute atomic E-state index is 12.9. The summed E-state index contributed by atoms with van der Waals surface area (Å²) < 4.78 is 27.6. The summed E-state index contributed by atoms with van der Waals surface area (Å²) >= 11 is 1.44. The number of aromatic nitrogens is 1. The van der Waals surface area contributed by atoms with E-state index in [2.05, 4.69) is 4.98 Å². The fourth-order valence-electron chi connectivity index (χ4n) is 2.65. The number of sulfonamides is 1. The van der Waals surface area contributed by atoms with Crippen LogP contribution in [0.15, 0.2) is 47.4 Å². The summed E-state index contributed by atoms with van der Waals surface area (Å²) in [6.07, 6.45) is 0. The van der Waals surface area contributed by atoms with Crippen molar-refractivity contribution in [3.8, 4) is 0 Å². The van der Waals surface area contributed by atoms with Crippen LogP contribution in [0.5, 0.6) is 0 Å². The minimum atomic E-state index is -3.77. The van der Waals surface area contributed by atoms with Gasteiger partial charge >= 0.3 is 0 Å². The van der Waals surface area contributed by atoms with Gasteiger partial charge in [0.05, 0.1) is 26.7 Å². The topological polar surface area (TPSA) is 70.6 Å². The highest BCUT2D eigenvalue weighted by atomic mass is 32.2. The van der Waals surface area contributed by atoms with E-state index in [9.17, 15) is 13.2 Å². The Kier molecular flexibility index (Phi) is 5.32. The molecule has 0 unspecified atom stereocenters. The molecule has 0 bridgehead atoms. The zero-order chi connectivity index (χ0) is 19.8. The Hall–Kier alpha value is -2.29. The molecule has 3 rings (SSSR count). The van der Waals surface area contributed by atoms with Gasteiger partial charge in [-0.05, 0) is 44.2 Å². The molecule has 0 spiro atoms.